The van der Waals surface area contributed by atoms with Crippen molar-refractivity contribution in [2.24, 2.45) is 11.8 Å². The number of hydrazine groups is 1. The summed E-state index contributed by atoms with van der Waals surface area (Å²) in [4.78, 5) is 0. The van der Waals surface area contributed by atoms with Crippen molar-refractivity contribution in [3.63, 3.8) is 0 Å². The van der Waals surface area contributed by atoms with Crippen molar-refractivity contribution in [1.82, 2.24) is 5.43 Å². The minimum absolute atomic E-state index is 0.110. The van der Waals surface area contributed by atoms with E-state index < -0.39 is 18.6 Å². The lowest BCUT2D eigenvalue weighted by Gasteiger charge is -2.20. The highest BCUT2D eigenvalue weighted by Crippen LogP contribution is 2.23. The molecule has 0 fully saturated rings. The van der Waals surface area contributed by atoms with Crippen LogP contribution in [0.15, 0.2) is 0 Å². The first kappa shape index (κ1) is 10.7. The Kier molecular flexibility index (Phi) is 3.82. The third-order valence-corrected chi connectivity index (χ3v) is 1.47. The van der Waals surface area contributed by atoms with Crippen LogP contribution in [0.4, 0.5) is 13.2 Å². The van der Waals surface area contributed by atoms with E-state index in [1.54, 1.807) is 13.8 Å². The quantitative estimate of drug-likeness (QED) is 0.496. The Labute approximate surface area is 63.9 Å². The molecule has 1 unspecified atom stereocenters. The van der Waals surface area contributed by atoms with Crippen LogP contribution >= 0.6 is 0 Å². The summed E-state index contributed by atoms with van der Waals surface area (Å²) in [6.07, 6.45) is -5.01. The Balaban J connectivity index is 3.88. The number of hydrogen-bond donors (Lipinski definition) is 2. The summed E-state index contributed by atoms with van der Waals surface area (Å²) in [5.41, 5.74) is 2.14. The number of alkyl halides is 3. The van der Waals surface area contributed by atoms with Crippen LogP contribution in [0.2, 0.25) is 0 Å². The van der Waals surface area contributed by atoms with E-state index in [2.05, 4.69) is 5.43 Å². The van der Waals surface area contributed by atoms with E-state index >= 15 is 0 Å². The molecule has 0 heterocycles. The molecule has 0 aliphatic carbocycles. The van der Waals surface area contributed by atoms with Gasteiger partial charge in [-0.3, -0.25) is 11.3 Å². The highest BCUT2D eigenvalue weighted by molar-refractivity contribution is 4.71. The second-order valence-corrected chi connectivity index (χ2v) is 2.84. The molecule has 0 spiro atoms. The van der Waals surface area contributed by atoms with Crippen molar-refractivity contribution < 1.29 is 13.2 Å². The molecule has 0 radical (unpaired) electrons. The lowest BCUT2D eigenvalue weighted by molar-refractivity contribution is -0.142. The molecule has 0 rings (SSSR count). The van der Waals surface area contributed by atoms with Gasteiger partial charge in [0.25, 0.3) is 0 Å². The van der Waals surface area contributed by atoms with Crippen molar-refractivity contribution in [3.05, 3.63) is 0 Å². The second kappa shape index (κ2) is 3.92. The molecular weight excluding hydrogens is 157 g/mol. The van der Waals surface area contributed by atoms with Crippen molar-refractivity contribution in [2.75, 3.05) is 0 Å². The van der Waals surface area contributed by atoms with Gasteiger partial charge in [0, 0.05) is 6.04 Å². The monoisotopic (exact) mass is 170 g/mol. The number of rotatable bonds is 3. The van der Waals surface area contributed by atoms with Crippen molar-refractivity contribution in [1.29, 1.82) is 0 Å². The molecule has 0 saturated heterocycles. The van der Waals surface area contributed by atoms with E-state index in [0.717, 1.165) is 0 Å². The molecule has 3 N–H and O–H groups in total. The van der Waals surface area contributed by atoms with Gasteiger partial charge in [-0.2, -0.15) is 13.2 Å². The summed E-state index contributed by atoms with van der Waals surface area (Å²) in [5.74, 6) is 4.82. The lowest BCUT2D eigenvalue weighted by atomic mass is 10.0. The number of hydrogen-bond acceptors (Lipinski definition) is 2. The third kappa shape index (κ3) is 5.03. The predicted molar refractivity (Wildman–Crippen MR) is 36.6 cm³/mol. The Morgan fingerprint density at radius 1 is 1.36 bits per heavy atom. The van der Waals surface area contributed by atoms with Gasteiger partial charge in [0.2, 0.25) is 0 Å². The molecule has 5 heteroatoms. The van der Waals surface area contributed by atoms with Gasteiger partial charge < -0.3 is 0 Å². The van der Waals surface area contributed by atoms with E-state index in [0.29, 0.717) is 0 Å². The molecule has 0 aliphatic heterocycles. The molecule has 11 heavy (non-hydrogen) atoms. The van der Waals surface area contributed by atoms with Gasteiger partial charge in [0.15, 0.2) is 0 Å². The summed E-state index contributed by atoms with van der Waals surface area (Å²) in [6.45, 7) is 3.38. The third-order valence-electron chi connectivity index (χ3n) is 1.47. The van der Waals surface area contributed by atoms with Crippen molar-refractivity contribution in [3.8, 4) is 0 Å². The number of nitrogens with one attached hydrogen (secondary N) is 1. The zero-order valence-electron chi connectivity index (χ0n) is 6.57. The topological polar surface area (TPSA) is 38.0 Å². The van der Waals surface area contributed by atoms with Crippen LogP contribution in [0.3, 0.4) is 0 Å². The van der Waals surface area contributed by atoms with Gasteiger partial charge in [-0.15, -0.1) is 0 Å². The maximum absolute atomic E-state index is 11.8. The van der Waals surface area contributed by atoms with Crippen LogP contribution in [-0.2, 0) is 0 Å². The molecule has 0 aromatic heterocycles. The lowest BCUT2D eigenvalue weighted by Crippen LogP contribution is -2.42. The first-order valence-electron chi connectivity index (χ1n) is 3.39. The molecule has 68 valence electrons. The Bertz CT molecular complexity index is 111. The normalized spacial score (nSPS) is 15.5. The van der Waals surface area contributed by atoms with Gasteiger partial charge >= 0.3 is 6.18 Å². The van der Waals surface area contributed by atoms with Crippen LogP contribution in [0, 0.1) is 5.92 Å². The summed E-state index contributed by atoms with van der Waals surface area (Å²) >= 11 is 0. The van der Waals surface area contributed by atoms with Crippen LogP contribution in [0.5, 0.6) is 0 Å². The highest BCUT2D eigenvalue weighted by Gasteiger charge is 2.32. The van der Waals surface area contributed by atoms with Gasteiger partial charge in [0.1, 0.15) is 0 Å². The summed E-state index contributed by atoms with van der Waals surface area (Å²) in [5, 5.41) is 0. The zero-order valence-corrected chi connectivity index (χ0v) is 6.57. The minimum atomic E-state index is -4.14. The average molecular weight is 170 g/mol. The van der Waals surface area contributed by atoms with Crippen molar-refractivity contribution >= 4 is 0 Å². The molecule has 0 amide bonds. The van der Waals surface area contributed by atoms with Crippen LogP contribution < -0.4 is 11.3 Å². The predicted octanol–water partition coefficient (Wildman–Crippen LogP) is 1.43. The summed E-state index contributed by atoms with van der Waals surface area (Å²) in [7, 11) is 0. The van der Waals surface area contributed by atoms with Crippen molar-refractivity contribution in [2.45, 2.75) is 32.5 Å². The Morgan fingerprint density at radius 3 is 1.91 bits per heavy atom. The molecule has 1 atom stereocenters. The maximum Gasteiger partial charge on any atom is 0.390 e. The molecule has 0 aromatic carbocycles. The molecule has 0 bridgehead atoms. The Hall–Kier alpha value is -0.290. The smallest absolute Gasteiger partial charge is 0.271 e. The van der Waals surface area contributed by atoms with Gasteiger partial charge in [-0.25, -0.2) is 0 Å². The Morgan fingerprint density at radius 2 is 1.82 bits per heavy atom. The van der Waals surface area contributed by atoms with Crippen LogP contribution in [0.1, 0.15) is 20.3 Å². The fraction of sp³-hybridized carbons (Fsp3) is 1.00. The van der Waals surface area contributed by atoms with Gasteiger partial charge in [-0.05, 0) is 5.92 Å². The minimum Gasteiger partial charge on any atom is -0.271 e. The van der Waals surface area contributed by atoms with Gasteiger partial charge in [-0.1, -0.05) is 13.8 Å². The van der Waals surface area contributed by atoms with E-state index in [1.807, 2.05) is 0 Å². The second-order valence-electron chi connectivity index (χ2n) is 2.84. The first-order chi connectivity index (χ1) is 4.87. The van der Waals surface area contributed by atoms with Crippen LogP contribution in [-0.4, -0.2) is 12.2 Å². The first-order valence-corrected chi connectivity index (χ1v) is 3.39. The number of nitrogens with two attached hydrogens (primary N) is 1. The van der Waals surface area contributed by atoms with E-state index in [4.69, 9.17) is 5.84 Å². The SMILES string of the molecule is CC(C)C(CC(F)(F)F)NN. The highest BCUT2D eigenvalue weighted by atomic mass is 19.4. The molecule has 0 aromatic rings. The van der Waals surface area contributed by atoms with Gasteiger partial charge in [0.05, 0.1) is 6.42 Å². The molecule has 2 nitrogen and oxygen atoms in total. The zero-order chi connectivity index (χ0) is 9.07. The van der Waals surface area contributed by atoms with Crippen LogP contribution in [0.25, 0.3) is 0 Å². The number of halogens is 3. The maximum atomic E-state index is 11.8. The van der Waals surface area contributed by atoms with E-state index in [-0.39, 0.29) is 5.92 Å². The average Bonchev–Trinajstić information content (AvgIpc) is 1.80. The summed E-state index contributed by atoms with van der Waals surface area (Å²) in [6, 6.07) is -0.685. The largest absolute Gasteiger partial charge is 0.390 e. The van der Waals surface area contributed by atoms with E-state index in [9.17, 15) is 13.2 Å². The fourth-order valence-corrected chi connectivity index (χ4v) is 0.736. The molecule has 0 saturated carbocycles. The fourth-order valence-electron chi connectivity index (χ4n) is 0.736. The van der Waals surface area contributed by atoms with E-state index in [1.165, 1.54) is 0 Å². The molecular formula is C6H13F3N2. The standard InChI is InChI=1S/C6H13F3N2/c1-4(2)5(11-10)3-6(7,8)9/h4-5,11H,3,10H2,1-2H3. The molecule has 0 aliphatic rings. The summed E-state index contributed by atoms with van der Waals surface area (Å²) < 4.78 is 35.3.